The van der Waals surface area contributed by atoms with Gasteiger partial charge in [0.25, 0.3) is 0 Å². The lowest BCUT2D eigenvalue weighted by molar-refractivity contribution is 0.423. The summed E-state index contributed by atoms with van der Waals surface area (Å²) in [7, 11) is 1.67. The molecule has 1 aromatic carbocycles. The molecule has 0 atom stereocenters. The van der Waals surface area contributed by atoms with Crippen LogP contribution < -0.4 is 4.74 Å². The van der Waals surface area contributed by atoms with E-state index in [1.165, 1.54) is 0 Å². The summed E-state index contributed by atoms with van der Waals surface area (Å²) in [6.07, 6.45) is 0. The Kier molecular flexibility index (Phi) is 3.07. The van der Waals surface area contributed by atoms with Crippen molar-refractivity contribution in [1.29, 1.82) is 0 Å². The minimum Gasteiger partial charge on any atom is -0.486 e. The average Bonchev–Trinajstić information content (AvgIpc) is 2.61. The summed E-state index contributed by atoms with van der Waals surface area (Å²) in [6, 6.07) is 8.11. The van der Waals surface area contributed by atoms with E-state index in [0.717, 1.165) is 25.8 Å². The predicted octanol–water partition coefficient (Wildman–Crippen LogP) is 3.89. The van der Waals surface area contributed by atoms with E-state index in [0.29, 0.717) is 0 Å². The molecule has 0 bridgehead atoms. The van der Waals surface area contributed by atoms with Gasteiger partial charge in [-0.25, -0.2) is 4.98 Å². The molecule has 0 N–H and O–H groups in total. The van der Waals surface area contributed by atoms with Crippen LogP contribution in [0.25, 0.3) is 10.6 Å². The van der Waals surface area contributed by atoms with Crippen molar-refractivity contribution in [3.8, 4) is 15.6 Å². The lowest BCUT2D eigenvalue weighted by atomic mass is 10.2. The monoisotopic (exact) mass is 283 g/mol. The summed E-state index contributed by atoms with van der Waals surface area (Å²) in [4.78, 5) is 4.46. The Balaban J connectivity index is 2.41. The molecule has 2 rings (SSSR count). The normalized spacial score (nSPS) is 10.3. The van der Waals surface area contributed by atoms with Crippen molar-refractivity contribution >= 4 is 27.3 Å². The maximum Gasteiger partial charge on any atom is 0.197 e. The van der Waals surface area contributed by atoms with Gasteiger partial charge in [0.2, 0.25) is 0 Å². The summed E-state index contributed by atoms with van der Waals surface area (Å²) in [6.45, 7) is 1.96. The second kappa shape index (κ2) is 4.33. The van der Waals surface area contributed by atoms with Gasteiger partial charge in [-0.2, -0.15) is 0 Å². The number of thiazole rings is 1. The highest BCUT2D eigenvalue weighted by Gasteiger charge is 2.08. The molecule has 0 aliphatic heterocycles. The smallest absolute Gasteiger partial charge is 0.197 e. The van der Waals surface area contributed by atoms with Gasteiger partial charge >= 0.3 is 0 Å². The molecule has 0 aliphatic rings. The number of nitrogens with zero attached hydrogens (tertiary/aromatic N) is 1. The van der Waals surface area contributed by atoms with Crippen LogP contribution >= 0.6 is 27.3 Å². The van der Waals surface area contributed by atoms with E-state index < -0.39 is 0 Å². The zero-order valence-electron chi connectivity index (χ0n) is 8.45. The van der Waals surface area contributed by atoms with Gasteiger partial charge in [-0.3, -0.25) is 0 Å². The van der Waals surface area contributed by atoms with Gasteiger partial charge in [-0.1, -0.05) is 39.4 Å². The third-order valence-electron chi connectivity index (χ3n) is 2.03. The summed E-state index contributed by atoms with van der Waals surface area (Å²) < 4.78 is 6.29. The third kappa shape index (κ3) is 2.21. The van der Waals surface area contributed by atoms with Gasteiger partial charge in [-0.15, -0.1) is 0 Å². The molecule has 0 radical (unpaired) electrons. The minimum atomic E-state index is 0.882. The number of rotatable bonds is 2. The Hall–Kier alpha value is -0.870. The van der Waals surface area contributed by atoms with Crippen molar-refractivity contribution in [2.45, 2.75) is 6.92 Å². The predicted molar refractivity (Wildman–Crippen MR) is 66.5 cm³/mol. The molecular weight excluding hydrogens is 274 g/mol. The summed E-state index contributed by atoms with van der Waals surface area (Å²) in [5.41, 5.74) is 2.06. The van der Waals surface area contributed by atoms with Crippen molar-refractivity contribution in [3.63, 3.8) is 0 Å². The van der Waals surface area contributed by atoms with Crippen molar-refractivity contribution in [2.24, 2.45) is 0 Å². The second-order valence-corrected chi connectivity index (χ2v) is 4.98. The number of benzene rings is 1. The van der Waals surface area contributed by atoms with Crippen molar-refractivity contribution < 1.29 is 4.74 Å². The first-order chi connectivity index (χ1) is 7.20. The number of hydrogen-bond donors (Lipinski definition) is 0. The quantitative estimate of drug-likeness (QED) is 0.834. The van der Waals surface area contributed by atoms with E-state index in [-0.39, 0.29) is 0 Å². The molecule has 2 aromatic rings. The highest BCUT2D eigenvalue weighted by Crippen LogP contribution is 2.33. The van der Waals surface area contributed by atoms with E-state index in [1.54, 1.807) is 18.4 Å². The summed E-state index contributed by atoms with van der Waals surface area (Å²) in [5, 5.41) is 1.88. The lowest BCUT2D eigenvalue weighted by Gasteiger charge is -1.95. The number of ether oxygens (including phenoxy) is 1. The van der Waals surface area contributed by atoms with E-state index in [9.17, 15) is 0 Å². The molecule has 2 nitrogen and oxygen atoms in total. The Bertz CT molecular complexity index is 464. The Labute approximate surface area is 101 Å². The standard InChI is InChI=1S/C11H10BrNOS/c1-7-11(14-2)15-10(13-7)8-3-5-9(12)6-4-8/h3-6H,1-2H3. The molecule has 0 fully saturated rings. The number of aromatic nitrogens is 1. The van der Waals surface area contributed by atoms with Crippen molar-refractivity contribution in [2.75, 3.05) is 7.11 Å². The highest BCUT2D eigenvalue weighted by molar-refractivity contribution is 9.10. The molecule has 0 aliphatic carbocycles. The van der Waals surface area contributed by atoms with Gasteiger partial charge in [0.05, 0.1) is 12.8 Å². The van der Waals surface area contributed by atoms with Crippen LogP contribution in [0.1, 0.15) is 5.69 Å². The zero-order valence-corrected chi connectivity index (χ0v) is 10.9. The summed E-state index contributed by atoms with van der Waals surface area (Å²) in [5.74, 6) is 0. The zero-order chi connectivity index (χ0) is 10.8. The maximum atomic E-state index is 5.22. The largest absolute Gasteiger partial charge is 0.486 e. The fraction of sp³-hybridized carbons (Fsp3) is 0.182. The first kappa shape index (κ1) is 10.6. The Morgan fingerprint density at radius 1 is 1.27 bits per heavy atom. The van der Waals surface area contributed by atoms with Crippen LogP contribution in [0.5, 0.6) is 5.06 Å². The summed E-state index contributed by atoms with van der Waals surface area (Å²) >= 11 is 4.98. The number of halogens is 1. The SMILES string of the molecule is COc1sc(-c2ccc(Br)cc2)nc1C. The Morgan fingerprint density at radius 3 is 2.47 bits per heavy atom. The molecule has 4 heteroatoms. The van der Waals surface area contributed by atoms with E-state index in [1.807, 2.05) is 31.2 Å². The van der Waals surface area contributed by atoms with E-state index in [2.05, 4.69) is 20.9 Å². The molecular formula is C11H10BrNOS. The first-order valence-corrected chi connectivity index (χ1v) is 6.09. The average molecular weight is 284 g/mol. The lowest BCUT2D eigenvalue weighted by Crippen LogP contribution is -1.80. The van der Waals surface area contributed by atoms with Crippen LogP contribution in [0.2, 0.25) is 0 Å². The number of methoxy groups -OCH3 is 1. The number of hydrogen-bond acceptors (Lipinski definition) is 3. The van der Waals surface area contributed by atoms with Crippen LogP contribution in [0, 0.1) is 6.92 Å². The Morgan fingerprint density at radius 2 is 1.93 bits per heavy atom. The van der Waals surface area contributed by atoms with E-state index >= 15 is 0 Å². The van der Waals surface area contributed by atoms with E-state index in [4.69, 9.17) is 4.74 Å². The van der Waals surface area contributed by atoms with Crippen molar-refractivity contribution in [3.05, 3.63) is 34.4 Å². The molecule has 0 amide bonds. The van der Waals surface area contributed by atoms with Crippen LogP contribution in [0.3, 0.4) is 0 Å². The molecule has 0 unspecified atom stereocenters. The van der Waals surface area contributed by atoms with Crippen LogP contribution in [-0.4, -0.2) is 12.1 Å². The van der Waals surface area contributed by atoms with Gasteiger partial charge < -0.3 is 4.74 Å². The second-order valence-electron chi connectivity index (χ2n) is 3.10. The molecule has 0 saturated heterocycles. The molecule has 15 heavy (non-hydrogen) atoms. The maximum absolute atomic E-state index is 5.22. The third-order valence-corrected chi connectivity index (χ3v) is 3.73. The van der Waals surface area contributed by atoms with Crippen LogP contribution in [0.15, 0.2) is 28.7 Å². The van der Waals surface area contributed by atoms with Crippen LogP contribution in [0.4, 0.5) is 0 Å². The minimum absolute atomic E-state index is 0.882. The fourth-order valence-electron chi connectivity index (χ4n) is 1.29. The van der Waals surface area contributed by atoms with Gasteiger partial charge in [0, 0.05) is 10.0 Å². The topological polar surface area (TPSA) is 22.1 Å². The highest BCUT2D eigenvalue weighted by atomic mass is 79.9. The van der Waals surface area contributed by atoms with Gasteiger partial charge in [0.1, 0.15) is 5.01 Å². The van der Waals surface area contributed by atoms with Crippen LogP contribution in [-0.2, 0) is 0 Å². The van der Waals surface area contributed by atoms with Gasteiger partial charge in [-0.05, 0) is 19.1 Å². The number of aryl methyl sites for hydroxylation is 1. The molecule has 1 heterocycles. The molecule has 0 spiro atoms. The first-order valence-electron chi connectivity index (χ1n) is 4.48. The molecule has 1 aromatic heterocycles. The van der Waals surface area contributed by atoms with Gasteiger partial charge in [0.15, 0.2) is 5.06 Å². The molecule has 0 saturated carbocycles. The fourth-order valence-corrected chi connectivity index (χ4v) is 2.44. The molecule has 78 valence electrons. The van der Waals surface area contributed by atoms with Crippen molar-refractivity contribution in [1.82, 2.24) is 4.98 Å².